The third-order valence-corrected chi connectivity index (χ3v) is 5.64. The molecule has 5 rings (SSSR count). The van der Waals surface area contributed by atoms with Gasteiger partial charge in [-0.1, -0.05) is 49.2 Å². The molecular formula is C26H30N3O9Rh-. The molecule has 4 N–H and O–H groups in total. The summed E-state index contributed by atoms with van der Waals surface area (Å²) in [6, 6.07) is 14.2. The summed E-state index contributed by atoms with van der Waals surface area (Å²) in [5.41, 5.74) is 3.25. The maximum absolute atomic E-state index is 11.5. The summed E-state index contributed by atoms with van der Waals surface area (Å²) < 4.78 is 11.8. The fourth-order valence-corrected chi connectivity index (χ4v) is 4.00. The largest absolute Gasteiger partial charge is 0.510 e. The van der Waals surface area contributed by atoms with Crippen LogP contribution in [-0.4, -0.2) is 63.1 Å². The zero-order valence-electron chi connectivity index (χ0n) is 21.7. The van der Waals surface area contributed by atoms with E-state index >= 15 is 0 Å². The zero-order valence-corrected chi connectivity index (χ0v) is 23.3. The van der Waals surface area contributed by atoms with Crippen molar-refractivity contribution in [3.05, 3.63) is 74.8 Å². The van der Waals surface area contributed by atoms with Crippen molar-refractivity contribution in [2.45, 2.75) is 52.3 Å². The second-order valence-corrected chi connectivity index (χ2v) is 8.96. The van der Waals surface area contributed by atoms with Crippen LogP contribution in [0.2, 0.25) is 0 Å². The minimum absolute atomic E-state index is 0. The van der Waals surface area contributed by atoms with Gasteiger partial charge in [0.1, 0.15) is 30.5 Å². The van der Waals surface area contributed by atoms with Gasteiger partial charge in [0, 0.05) is 44.7 Å². The van der Waals surface area contributed by atoms with Crippen LogP contribution in [0.25, 0.3) is 0 Å². The van der Waals surface area contributed by atoms with Crippen molar-refractivity contribution in [3.8, 4) is 0 Å². The van der Waals surface area contributed by atoms with Gasteiger partial charge in [-0.25, -0.2) is 0 Å². The van der Waals surface area contributed by atoms with Crippen LogP contribution in [0.5, 0.6) is 0 Å². The summed E-state index contributed by atoms with van der Waals surface area (Å²) in [4.78, 5) is 38.4. The van der Waals surface area contributed by atoms with E-state index in [1.54, 1.807) is 0 Å². The first kappa shape index (κ1) is 33.3. The number of hydrogen-bond acceptors (Lipinski definition) is 8. The zero-order chi connectivity index (χ0) is 27.3. The molecular weight excluding hydrogens is 601 g/mol. The average Bonchev–Trinajstić information content (AvgIpc) is 3.53. The van der Waals surface area contributed by atoms with Gasteiger partial charge in [0.2, 0.25) is 5.69 Å². The Morgan fingerprint density at radius 2 is 1.64 bits per heavy atom. The number of ether oxygens (including phenoxy) is 2. The molecule has 0 unspecified atom stereocenters. The van der Waals surface area contributed by atoms with E-state index in [2.05, 4.69) is 37.0 Å². The maximum Gasteiger partial charge on any atom is 0.300 e. The number of nitro benzene ring substituents is 1. The van der Waals surface area contributed by atoms with Gasteiger partial charge >= 0.3 is 0 Å². The van der Waals surface area contributed by atoms with E-state index in [1.165, 1.54) is 17.7 Å². The fourth-order valence-electron chi connectivity index (χ4n) is 4.00. The Kier molecular flexibility index (Phi) is 12.4. The summed E-state index contributed by atoms with van der Waals surface area (Å²) in [6.45, 7) is 6.78. The number of carbonyl (C=O) groups is 2. The molecule has 2 heterocycles. The van der Waals surface area contributed by atoms with Crippen LogP contribution in [0, 0.1) is 22.1 Å². The quantitative estimate of drug-likeness (QED) is 0.223. The van der Waals surface area contributed by atoms with E-state index in [9.17, 15) is 10.1 Å². The Morgan fingerprint density at radius 3 is 2.18 bits per heavy atom. The van der Waals surface area contributed by atoms with E-state index in [0.29, 0.717) is 35.4 Å². The molecule has 3 aliphatic rings. The van der Waals surface area contributed by atoms with Gasteiger partial charge in [-0.3, -0.25) is 29.7 Å². The van der Waals surface area contributed by atoms with Crippen molar-refractivity contribution in [3.63, 3.8) is 0 Å². The van der Waals surface area contributed by atoms with Crippen LogP contribution in [-0.2, 0) is 45.0 Å². The van der Waals surface area contributed by atoms with Crippen LogP contribution >= 0.6 is 0 Å². The minimum atomic E-state index is -0.833. The van der Waals surface area contributed by atoms with Gasteiger partial charge < -0.3 is 25.2 Å². The molecule has 2 aliphatic heterocycles. The van der Waals surface area contributed by atoms with Crippen molar-refractivity contribution in [2.75, 3.05) is 6.61 Å². The van der Waals surface area contributed by atoms with E-state index in [-0.39, 0.29) is 48.8 Å². The standard InChI is InChI=1S/C22H20N3O4.2C2H4O2.H2O.Rh/c1-12(2)18-11-28-21(23-18)14-7-15(9-16(8-14)25(26)27)22-24-20-17-6-4-3-5-13(17)10-19(20)29-22;2*1-2(3)4;;/h3-6,8-9,12,18-20H,10-11H2,1-2H3;2*1H3,(H,3,4);1H2;/q-1;;;;/t18-,19-,20+;;;;/m1..../s1. The molecule has 0 amide bonds. The molecule has 2 aromatic rings. The molecule has 0 fully saturated rings. The number of carboxylic acid groups (broad SMARTS) is 2. The number of non-ortho nitro benzene ring substituents is 1. The molecule has 1 aliphatic carbocycles. The SMILES string of the molecule is CC(=O)O.CC(=O)O.CC(C)[C@H]1COC(c2[c-]c(C3=N[C@H]4c5ccccc5C[C@H]4O3)cc([N+](=O)[O-])c2)=N1.O.[Rh]. The van der Waals surface area contributed by atoms with E-state index in [4.69, 9.17) is 34.3 Å². The fraction of sp³-hybridized carbons (Fsp3) is 0.385. The molecule has 1 radical (unpaired) electrons. The normalized spacial score (nSPS) is 19.5. The molecule has 3 atom stereocenters. The number of aliphatic carboxylic acids is 2. The van der Waals surface area contributed by atoms with E-state index < -0.39 is 16.9 Å². The number of rotatable bonds is 4. The number of fused-ring (bicyclic) bond motifs is 3. The van der Waals surface area contributed by atoms with Crippen LogP contribution in [0.3, 0.4) is 0 Å². The minimum Gasteiger partial charge on any atom is -0.510 e. The summed E-state index contributed by atoms with van der Waals surface area (Å²) in [5, 5.41) is 26.3. The van der Waals surface area contributed by atoms with Gasteiger partial charge in [0.05, 0.1) is 6.04 Å². The Bertz CT molecular complexity index is 1240. The molecule has 12 nitrogen and oxygen atoms in total. The first-order valence-corrected chi connectivity index (χ1v) is 11.6. The Balaban J connectivity index is 0.000000677. The van der Waals surface area contributed by atoms with Crippen molar-refractivity contribution < 1.29 is 59.2 Å². The monoisotopic (exact) mass is 631 g/mol. The number of nitro groups is 1. The predicted octanol–water partition coefficient (Wildman–Crippen LogP) is 2.99. The summed E-state index contributed by atoms with van der Waals surface area (Å²) in [7, 11) is 0. The Hall–Kier alpha value is -3.70. The van der Waals surface area contributed by atoms with Crippen LogP contribution < -0.4 is 0 Å². The van der Waals surface area contributed by atoms with E-state index in [1.807, 2.05) is 12.1 Å². The maximum atomic E-state index is 11.5. The van der Waals surface area contributed by atoms with Gasteiger partial charge in [0.25, 0.3) is 11.9 Å². The average molecular weight is 631 g/mol. The summed E-state index contributed by atoms with van der Waals surface area (Å²) in [6.07, 6.45) is 0.700. The number of aliphatic imine (C=N–C) groups is 2. The Morgan fingerprint density at radius 1 is 1.08 bits per heavy atom. The second kappa shape index (κ2) is 14.5. The molecule has 0 saturated carbocycles. The van der Waals surface area contributed by atoms with Gasteiger partial charge in [-0.15, -0.1) is 6.07 Å². The first-order chi connectivity index (χ1) is 17.5. The first-order valence-electron chi connectivity index (χ1n) is 11.6. The number of benzene rings is 2. The molecule has 0 spiro atoms. The van der Waals surface area contributed by atoms with Gasteiger partial charge in [-0.2, -0.15) is 0 Å². The second-order valence-electron chi connectivity index (χ2n) is 8.96. The van der Waals surface area contributed by atoms with Crippen molar-refractivity contribution in [1.29, 1.82) is 0 Å². The molecule has 0 saturated heterocycles. The molecule has 39 heavy (non-hydrogen) atoms. The summed E-state index contributed by atoms with van der Waals surface area (Å²) >= 11 is 0. The molecule has 0 bridgehead atoms. The number of nitrogens with zero attached hydrogens (tertiary/aromatic N) is 3. The van der Waals surface area contributed by atoms with E-state index in [0.717, 1.165) is 25.8 Å². The molecule has 13 heteroatoms. The van der Waals surface area contributed by atoms with Crippen molar-refractivity contribution >= 4 is 29.4 Å². The molecule has 2 aromatic carbocycles. The van der Waals surface area contributed by atoms with Crippen molar-refractivity contribution in [2.24, 2.45) is 15.9 Å². The Labute approximate surface area is 238 Å². The topological polar surface area (TPSA) is 192 Å². The van der Waals surface area contributed by atoms with Crippen molar-refractivity contribution in [1.82, 2.24) is 0 Å². The number of carboxylic acids is 2. The van der Waals surface area contributed by atoms with Gasteiger partial charge in [-0.05, 0) is 29.2 Å². The van der Waals surface area contributed by atoms with Crippen LogP contribution in [0.15, 0.2) is 46.4 Å². The summed E-state index contributed by atoms with van der Waals surface area (Å²) in [5.74, 6) is -0.566. The molecule has 0 aromatic heterocycles. The third-order valence-electron chi connectivity index (χ3n) is 5.64. The smallest absolute Gasteiger partial charge is 0.300 e. The van der Waals surface area contributed by atoms with Crippen LogP contribution in [0.1, 0.15) is 56.0 Å². The van der Waals surface area contributed by atoms with Crippen LogP contribution in [0.4, 0.5) is 5.69 Å². The third kappa shape index (κ3) is 8.66. The van der Waals surface area contributed by atoms with Gasteiger partial charge in [0.15, 0.2) is 0 Å². The molecule has 213 valence electrons. The number of hydrogen-bond donors (Lipinski definition) is 2. The predicted molar refractivity (Wildman–Crippen MR) is 138 cm³/mol.